The first-order chi connectivity index (χ1) is 13.6. The minimum absolute atomic E-state index is 0.590. The van der Waals surface area contributed by atoms with Crippen LogP contribution in [0.5, 0.6) is 0 Å². The Kier molecular flexibility index (Phi) is 5.37. The fourth-order valence-corrected chi connectivity index (χ4v) is 4.28. The van der Waals surface area contributed by atoms with Gasteiger partial charge in [0.05, 0.1) is 15.2 Å². The van der Waals surface area contributed by atoms with Crippen molar-refractivity contribution in [1.29, 1.82) is 0 Å². The highest BCUT2D eigenvalue weighted by Crippen LogP contribution is 2.24. The van der Waals surface area contributed by atoms with Gasteiger partial charge in [-0.05, 0) is 73.1 Å². The lowest BCUT2D eigenvalue weighted by atomic mass is 10.1. The summed E-state index contributed by atoms with van der Waals surface area (Å²) in [5, 5.41) is 8.26. The van der Waals surface area contributed by atoms with Gasteiger partial charge in [0.25, 0.3) is 0 Å². The van der Waals surface area contributed by atoms with Crippen LogP contribution in [0.2, 0.25) is 0 Å². The number of benzene rings is 3. The van der Waals surface area contributed by atoms with E-state index in [0.717, 1.165) is 28.3 Å². The van der Waals surface area contributed by atoms with E-state index in [0.29, 0.717) is 5.11 Å². The Bertz CT molecular complexity index is 1100. The summed E-state index contributed by atoms with van der Waals surface area (Å²) in [5.41, 5.74) is 6.76. The number of thiocarbonyl (C=S) groups is 1. The first-order valence-electron chi connectivity index (χ1n) is 9.16. The van der Waals surface area contributed by atoms with Gasteiger partial charge in [-0.3, -0.25) is 0 Å². The molecule has 0 bridgehead atoms. The van der Waals surface area contributed by atoms with Crippen molar-refractivity contribution >= 4 is 50.3 Å². The summed E-state index contributed by atoms with van der Waals surface area (Å²) in [6.45, 7) is 4.19. The fourth-order valence-electron chi connectivity index (χ4n) is 3.05. The molecule has 0 fully saturated rings. The Morgan fingerprint density at radius 2 is 1.71 bits per heavy atom. The van der Waals surface area contributed by atoms with E-state index < -0.39 is 0 Å². The van der Waals surface area contributed by atoms with Crippen molar-refractivity contribution in [3.05, 3.63) is 88.4 Å². The fraction of sp³-hybridized carbons (Fsp3) is 0.130. The Labute approximate surface area is 174 Å². The lowest BCUT2D eigenvalue weighted by molar-refractivity contribution is 1.16. The van der Waals surface area contributed by atoms with E-state index in [1.807, 2.05) is 18.2 Å². The number of anilines is 2. The van der Waals surface area contributed by atoms with E-state index in [4.69, 9.17) is 17.2 Å². The normalized spacial score (nSPS) is 10.8. The monoisotopic (exact) mass is 403 g/mol. The van der Waals surface area contributed by atoms with Crippen molar-refractivity contribution in [2.45, 2.75) is 20.3 Å². The molecular formula is C23H21N3S2. The van der Waals surface area contributed by atoms with Crippen molar-refractivity contribution in [3.8, 4) is 0 Å². The first kappa shape index (κ1) is 18.6. The molecule has 0 spiro atoms. The summed E-state index contributed by atoms with van der Waals surface area (Å²) in [6, 6.07) is 22.8. The van der Waals surface area contributed by atoms with Crippen LogP contribution in [0.25, 0.3) is 10.2 Å². The third kappa shape index (κ3) is 4.21. The Morgan fingerprint density at radius 1 is 0.929 bits per heavy atom. The smallest absolute Gasteiger partial charge is 0.175 e. The summed E-state index contributed by atoms with van der Waals surface area (Å²) < 4.78 is 1.23. The van der Waals surface area contributed by atoms with E-state index >= 15 is 0 Å². The lowest BCUT2D eigenvalue weighted by Gasteiger charge is -2.14. The van der Waals surface area contributed by atoms with Gasteiger partial charge in [-0.1, -0.05) is 36.4 Å². The molecule has 1 aromatic heterocycles. The maximum atomic E-state index is 5.46. The average Bonchev–Trinajstić information content (AvgIpc) is 3.09. The van der Waals surface area contributed by atoms with Crippen LogP contribution < -0.4 is 10.6 Å². The van der Waals surface area contributed by atoms with E-state index in [1.54, 1.807) is 11.3 Å². The number of fused-ring (bicyclic) bond motifs is 1. The number of aromatic nitrogens is 1. The van der Waals surface area contributed by atoms with E-state index in [2.05, 4.69) is 73.0 Å². The number of nitrogens with zero attached hydrogens (tertiary/aromatic N) is 1. The molecule has 4 rings (SSSR count). The second kappa shape index (κ2) is 8.09. The van der Waals surface area contributed by atoms with Crippen LogP contribution in [0.3, 0.4) is 0 Å². The highest BCUT2D eigenvalue weighted by molar-refractivity contribution is 7.80. The topological polar surface area (TPSA) is 37.0 Å². The van der Waals surface area contributed by atoms with Gasteiger partial charge in [0.2, 0.25) is 0 Å². The number of thiazole rings is 1. The van der Waals surface area contributed by atoms with Gasteiger partial charge >= 0.3 is 0 Å². The maximum absolute atomic E-state index is 5.46. The van der Waals surface area contributed by atoms with Gasteiger partial charge in [-0.2, -0.15) is 0 Å². The van der Waals surface area contributed by atoms with Crippen molar-refractivity contribution in [3.63, 3.8) is 0 Å². The molecule has 4 aromatic rings. The SMILES string of the molecule is Cc1cccc(NC(=S)Nc2ccc(Cc3nc4ccccc4s3)cc2)c1C. The van der Waals surface area contributed by atoms with Crippen molar-refractivity contribution in [2.75, 3.05) is 10.6 Å². The lowest BCUT2D eigenvalue weighted by Crippen LogP contribution is -2.19. The largest absolute Gasteiger partial charge is 0.332 e. The molecule has 1 heterocycles. The number of nitrogens with one attached hydrogen (secondary N) is 2. The molecule has 0 aliphatic heterocycles. The molecule has 2 N–H and O–H groups in total. The van der Waals surface area contributed by atoms with Gasteiger partial charge in [-0.25, -0.2) is 4.98 Å². The summed E-state index contributed by atoms with van der Waals surface area (Å²) in [7, 11) is 0. The van der Waals surface area contributed by atoms with Gasteiger partial charge < -0.3 is 10.6 Å². The maximum Gasteiger partial charge on any atom is 0.175 e. The molecule has 5 heteroatoms. The number of para-hydroxylation sites is 1. The first-order valence-corrected chi connectivity index (χ1v) is 10.4. The quantitative estimate of drug-likeness (QED) is 0.391. The zero-order chi connectivity index (χ0) is 19.5. The van der Waals surface area contributed by atoms with Crippen LogP contribution in [-0.2, 0) is 6.42 Å². The highest BCUT2D eigenvalue weighted by atomic mass is 32.1. The van der Waals surface area contributed by atoms with Crippen LogP contribution in [0.4, 0.5) is 11.4 Å². The van der Waals surface area contributed by atoms with Gasteiger partial charge in [0.15, 0.2) is 5.11 Å². The molecule has 3 nitrogen and oxygen atoms in total. The molecule has 0 amide bonds. The van der Waals surface area contributed by atoms with Crippen molar-refractivity contribution in [1.82, 2.24) is 4.98 Å². The molecule has 0 saturated carbocycles. The third-order valence-corrected chi connectivity index (χ3v) is 6.00. The number of hydrogen-bond acceptors (Lipinski definition) is 3. The van der Waals surface area contributed by atoms with Gasteiger partial charge in [0.1, 0.15) is 0 Å². The Balaban J connectivity index is 1.40. The van der Waals surface area contributed by atoms with Crippen molar-refractivity contribution < 1.29 is 0 Å². The van der Waals surface area contributed by atoms with Crippen LogP contribution in [0.15, 0.2) is 66.7 Å². The minimum atomic E-state index is 0.590. The molecule has 28 heavy (non-hydrogen) atoms. The summed E-state index contributed by atoms with van der Waals surface area (Å²) >= 11 is 7.22. The summed E-state index contributed by atoms with van der Waals surface area (Å²) in [6.07, 6.45) is 0.838. The molecule has 140 valence electrons. The van der Waals surface area contributed by atoms with Gasteiger partial charge in [-0.15, -0.1) is 11.3 Å². The van der Waals surface area contributed by atoms with Gasteiger partial charge in [0, 0.05) is 17.8 Å². The van der Waals surface area contributed by atoms with E-state index in [1.165, 1.54) is 21.4 Å². The second-order valence-electron chi connectivity index (χ2n) is 6.78. The average molecular weight is 404 g/mol. The molecular weight excluding hydrogens is 382 g/mol. The zero-order valence-corrected chi connectivity index (χ0v) is 17.5. The van der Waals surface area contributed by atoms with Crippen LogP contribution in [0, 0.1) is 13.8 Å². The third-order valence-electron chi connectivity index (χ3n) is 4.76. The molecule has 0 aliphatic rings. The molecule has 0 atom stereocenters. The standard InChI is InChI=1S/C23H21N3S2/c1-15-6-5-8-19(16(15)2)26-23(27)24-18-12-10-17(11-13-18)14-22-25-20-7-3-4-9-21(20)28-22/h3-13H,14H2,1-2H3,(H2,24,26,27). The predicted octanol–water partition coefficient (Wildman–Crippen LogP) is 6.31. The molecule has 0 saturated heterocycles. The van der Waals surface area contributed by atoms with E-state index in [-0.39, 0.29) is 0 Å². The highest BCUT2D eigenvalue weighted by Gasteiger charge is 2.06. The Hall–Kier alpha value is -2.76. The number of rotatable bonds is 4. The summed E-state index contributed by atoms with van der Waals surface area (Å²) in [5.74, 6) is 0. The number of hydrogen-bond donors (Lipinski definition) is 2. The number of aryl methyl sites for hydroxylation is 1. The molecule has 0 aliphatic carbocycles. The van der Waals surface area contributed by atoms with E-state index in [9.17, 15) is 0 Å². The second-order valence-corrected chi connectivity index (χ2v) is 8.30. The molecule has 0 unspecified atom stereocenters. The Morgan fingerprint density at radius 3 is 2.50 bits per heavy atom. The van der Waals surface area contributed by atoms with Crippen LogP contribution in [-0.4, -0.2) is 10.1 Å². The summed E-state index contributed by atoms with van der Waals surface area (Å²) in [4.78, 5) is 4.71. The molecule has 0 radical (unpaired) electrons. The van der Waals surface area contributed by atoms with Crippen LogP contribution in [0.1, 0.15) is 21.7 Å². The zero-order valence-electron chi connectivity index (χ0n) is 15.8. The van der Waals surface area contributed by atoms with Crippen molar-refractivity contribution in [2.24, 2.45) is 0 Å². The minimum Gasteiger partial charge on any atom is -0.332 e. The predicted molar refractivity (Wildman–Crippen MR) is 125 cm³/mol. The van der Waals surface area contributed by atoms with Crippen LogP contribution >= 0.6 is 23.6 Å². The molecule has 3 aromatic carbocycles.